The van der Waals surface area contributed by atoms with Crippen molar-refractivity contribution in [2.24, 2.45) is 7.05 Å². The number of nitrogens with zero attached hydrogens (tertiary/aromatic N) is 2. The quantitative estimate of drug-likeness (QED) is 0.635. The number of rotatable bonds is 5. The largest absolute Gasteiger partial charge is 0.340 e. The van der Waals surface area contributed by atoms with Crippen LogP contribution in [0.5, 0.6) is 0 Å². The number of benzene rings is 2. The van der Waals surface area contributed by atoms with Gasteiger partial charge in [-0.2, -0.15) is 0 Å². The Morgan fingerprint density at radius 3 is 2.78 bits per heavy atom. The lowest BCUT2D eigenvalue weighted by atomic mass is 10.1. The third kappa shape index (κ3) is 4.16. The summed E-state index contributed by atoms with van der Waals surface area (Å²) in [5, 5.41) is -0.288. The van der Waals surface area contributed by atoms with Gasteiger partial charge >= 0.3 is 0 Å². The van der Waals surface area contributed by atoms with Crippen LogP contribution in [0.25, 0.3) is 11.3 Å². The predicted octanol–water partition coefficient (Wildman–Crippen LogP) is 2.30. The van der Waals surface area contributed by atoms with Gasteiger partial charge < -0.3 is 4.57 Å². The summed E-state index contributed by atoms with van der Waals surface area (Å²) in [5.41, 5.74) is 2.44. The second kappa shape index (κ2) is 7.47. The fraction of sp³-hybridized carbons (Fsp3) is 0.0588. The van der Waals surface area contributed by atoms with Gasteiger partial charge in [0.1, 0.15) is 0 Å². The maximum Gasteiger partial charge on any atom is 0.269 e. The average molecular weight is 408 g/mol. The van der Waals surface area contributed by atoms with Crippen LogP contribution >= 0.6 is 11.6 Å². The van der Waals surface area contributed by atoms with Crippen molar-refractivity contribution in [2.45, 2.75) is 4.90 Å². The summed E-state index contributed by atoms with van der Waals surface area (Å²) >= 11 is 5.87. The fourth-order valence-corrected chi connectivity index (χ4v) is 3.29. The van der Waals surface area contributed by atoms with Crippen LogP contribution in [-0.2, 0) is 17.1 Å². The van der Waals surface area contributed by atoms with E-state index in [2.05, 4.69) is 11.1 Å². The SMILES string of the molecule is Cn1cnc(-c2cc(Cl)c(F)c(C(=O)NNS(=O)(=O)c3c[c]ccc3)c2)c1. The number of imidazole rings is 1. The summed E-state index contributed by atoms with van der Waals surface area (Å²) < 4.78 is 40.2. The van der Waals surface area contributed by atoms with E-state index in [0.717, 1.165) is 0 Å². The number of carbonyl (C=O) groups is 1. The van der Waals surface area contributed by atoms with Crippen molar-refractivity contribution in [3.63, 3.8) is 0 Å². The Kier molecular flexibility index (Phi) is 5.26. The minimum absolute atomic E-state index is 0.106. The Labute approximate surface area is 159 Å². The topological polar surface area (TPSA) is 93.1 Å². The molecule has 0 saturated carbocycles. The predicted molar refractivity (Wildman–Crippen MR) is 96.7 cm³/mol. The Bertz CT molecular complexity index is 1100. The summed E-state index contributed by atoms with van der Waals surface area (Å²) in [6, 6.07) is 10.7. The Morgan fingerprint density at radius 1 is 1.37 bits per heavy atom. The number of hydrogen-bond donors (Lipinski definition) is 2. The number of hydrazine groups is 1. The first-order valence-electron chi connectivity index (χ1n) is 7.53. The van der Waals surface area contributed by atoms with E-state index in [9.17, 15) is 17.6 Å². The van der Waals surface area contributed by atoms with Gasteiger partial charge in [-0.1, -0.05) is 23.7 Å². The Hall–Kier alpha value is -2.75. The van der Waals surface area contributed by atoms with Crippen LogP contribution in [0.3, 0.4) is 0 Å². The number of sulfonamides is 1. The van der Waals surface area contributed by atoms with Gasteiger partial charge in [0.15, 0.2) is 5.82 Å². The summed E-state index contributed by atoms with van der Waals surface area (Å²) in [6.45, 7) is 0. The molecule has 3 aromatic rings. The molecule has 0 saturated heterocycles. The molecule has 7 nitrogen and oxygen atoms in total. The van der Waals surface area contributed by atoms with Gasteiger partial charge in [0.25, 0.3) is 15.9 Å². The molecule has 3 rings (SSSR count). The van der Waals surface area contributed by atoms with Gasteiger partial charge in [-0.25, -0.2) is 17.8 Å². The van der Waals surface area contributed by atoms with Crippen molar-refractivity contribution in [1.29, 1.82) is 0 Å². The smallest absolute Gasteiger partial charge is 0.269 e. The molecule has 2 aromatic carbocycles. The molecular weight excluding hydrogens is 395 g/mol. The summed E-state index contributed by atoms with van der Waals surface area (Å²) in [7, 11) is -2.27. The van der Waals surface area contributed by atoms with E-state index in [4.69, 9.17) is 11.6 Å². The van der Waals surface area contributed by atoms with Crippen LogP contribution in [0, 0.1) is 11.9 Å². The Balaban J connectivity index is 1.85. The molecule has 0 aliphatic carbocycles. The van der Waals surface area contributed by atoms with E-state index >= 15 is 0 Å². The molecule has 0 spiro atoms. The van der Waals surface area contributed by atoms with E-state index in [0.29, 0.717) is 11.3 Å². The van der Waals surface area contributed by atoms with Gasteiger partial charge in [-0.3, -0.25) is 10.2 Å². The zero-order chi connectivity index (χ0) is 19.6. The van der Waals surface area contributed by atoms with Crippen LogP contribution in [0.4, 0.5) is 4.39 Å². The van der Waals surface area contributed by atoms with Gasteiger partial charge in [0, 0.05) is 18.8 Å². The summed E-state index contributed by atoms with van der Waals surface area (Å²) in [5.74, 6) is -1.98. The van der Waals surface area contributed by atoms with Gasteiger partial charge in [0.05, 0.1) is 27.5 Å². The molecular formula is C17H13ClFN4O3S. The van der Waals surface area contributed by atoms with Crippen LogP contribution in [0.2, 0.25) is 5.02 Å². The van der Waals surface area contributed by atoms with Crippen molar-refractivity contribution in [1.82, 2.24) is 19.8 Å². The number of amides is 1. The van der Waals surface area contributed by atoms with E-state index in [-0.39, 0.29) is 9.92 Å². The maximum absolute atomic E-state index is 14.3. The monoisotopic (exact) mass is 407 g/mol. The third-order valence-electron chi connectivity index (χ3n) is 3.56. The molecule has 0 aliphatic heterocycles. The van der Waals surface area contributed by atoms with E-state index < -0.39 is 27.3 Å². The zero-order valence-electron chi connectivity index (χ0n) is 13.9. The second-order valence-electron chi connectivity index (χ2n) is 5.54. The van der Waals surface area contributed by atoms with Gasteiger partial charge in [-0.05, 0) is 30.3 Å². The van der Waals surface area contributed by atoms with E-state index in [1.165, 1.54) is 42.7 Å². The first-order valence-corrected chi connectivity index (χ1v) is 9.39. The lowest BCUT2D eigenvalue weighted by Crippen LogP contribution is -2.41. The molecule has 0 unspecified atom stereocenters. The highest BCUT2D eigenvalue weighted by molar-refractivity contribution is 7.89. The minimum atomic E-state index is -4.03. The normalized spacial score (nSPS) is 11.4. The fourth-order valence-electron chi connectivity index (χ4n) is 2.25. The number of halogens is 2. The van der Waals surface area contributed by atoms with Crippen molar-refractivity contribution in [3.8, 4) is 11.3 Å². The Morgan fingerprint density at radius 2 is 2.15 bits per heavy atom. The summed E-state index contributed by atoms with van der Waals surface area (Å²) in [6.07, 6.45) is 3.21. The molecule has 1 heterocycles. The van der Waals surface area contributed by atoms with E-state index in [1.54, 1.807) is 17.8 Å². The van der Waals surface area contributed by atoms with Gasteiger partial charge in [0.2, 0.25) is 0 Å². The third-order valence-corrected chi connectivity index (χ3v) is 5.08. The maximum atomic E-state index is 14.3. The number of hydrogen-bond acceptors (Lipinski definition) is 4. The molecule has 1 aromatic heterocycles. The number of aryl methyl sites for hydroxylation is 1. The molecule has 10 heteroatoms. The average Bonchev–Trinajstić information content (AvgIpc) is 3.09. The number of nitrogens with one attached hydrogen (secondary N) is 2. The first kappa shape index (κ1) is 19.0. The standard InChI is InChI=1S/C17H13ClFN4O3S/c1-23-9-15(20-10-23)11-7-13(16(19)14(18)8-11)17(24)21-22-27(25,26)12-5-3-2-4-6-12/h2-3,5-10,22H,1H3,(H,21,24). The molecule has 0 aliphatic rings. The summed E-state index contributed by atoms with van der Waals surface area (Å²) in [4.78, 5) is 18.2. The first-order chi connectivity index (χ1) is 12.8. The minimum Gasteiger partial charge on any atom is -0.340 e. The molecule has 27 heavy (non-hydrogen) atoms. The second-order valence-corrected chi connectivity index (χ2v) is 7.63. The van der Waals surface area contributed by atoms with Crippen LogP contribution in [0.1, 0.15) is 10.4 Å². The van der Waals surface area contributed by atoms with Crippen molar-refractivity contribution >= 4 is 27.5 Å². The van der Waals surface area contributed by atoms with Crippen molar-refractivity contribution in [3.05, 3.63) is 71.4 Å². The highest BCUT2D eigenvalue weighted by Gasteiger charge is 2.20. The molecule has 1 radical (unpaired) electrons. The van der Waals surface area contributed by atoms with Crippen LogP contribution in [0.15, 0.2) is 53.8 Å². The highest BCUT2D eigenvalue weighted by atomic mass is 35.5. The van der Waals surface area contributed by atoms with Crippen molar-refractivity contribution in [2.75, 3.05) is 0 Å². The molecule has 0 atom stereocenters. The van der Waals surface area contributed by atoms with Crippen molar-refractivity contribution < 1.29 is 17.6 Å². The van der Waals surface area contributed by atoms with Gasteiger partial charge in [-0.15, -0.1) is 4.83 Å². The lowest BCUT2D eigenvalue weighted by molar-refractivity contribution is 0.0941. The number of carbonyl (C=O) groups excluding carboxylic acids is 1. The lowest BCUT2D eigenvalue weighted by Gasteiger charge is -2.10. The number of aromatic nitrogens is 2. The molecule has 2 N–H and O–H groups in total. The molecule has 0 bridgehead atoms. The van der Waals surface area contributed by atoms with Crippen LogP contribution in [-0.4, -0.2) is 23.9 Å². The molecule has 0 fully saturated rings. The molecule has 1 amide bonds. The zero-order valence-corrected chi connectivity index (χ0v) is 15.5. The molecule has 139 valence electrons. The van der Waals surface area contributed by atoms with Crippen LogP contribution < -0.4 is 10.3 Å². The highest BCUT2D eigenvalue weighted by Crippen LogP contribution is 2.27. The van der Waals surface area contributed by atoms with E-state index in [1.807, 2.05) is 10.3 Å².